The number of fused-ring (bicyclic) bond motifs is 1. The van der Waals surface area contributed by atoms with E-state index in [0.717, 1.165) is 27.6 Å². The third-order valence-corrected chi connectivity index (χ3v) is 3.67. The quantitative estimate of drug-likeness (QED) is 0.732. The van der Waals surface area contributed by atoms with Crippen molar-refractivity contribution in [2.75, 3.05) is 7.11 Å². The number of ether oxygens (including phenoxy) is 1. The Balaban J connectivity index is 2.18. The van der Waals surface area contributed by atoms with Crippen LogP contribution in [0.15, 0.2) is 48.7 Å². The molecule has 1 heterocycles. The Morgan fingerprint density at radius 1 is 1.14 bits per heavy atom. The number of carbonyl (C=O) groups is 1. The molecule has 0 spiro atoms. The van der Waals surface area contributed by atoms with Gasteiger partial charge in [0.15, 0.2) is 0 Å². The first-order valence-electron chi connectivity index (χ1n) is 6.87. The highest BCUT2D eigenvalue weighted by atomic mass is 16.5. The van der Waals surface area contributed by atoms with Crippen LogP contribution in [0.3, 0.4) is 0 Å². The lowest BCUT2D eigenvalue weighted by atomic mass is 9.98. The van der Waals surface area contributed by atoms with E-state index >= 15 is 0 Å². The second-order valence-corrected chi connectivity index (χ2v) is 5.08. The third-order valence-electron chi connectivity index (χ3n) is 3.67. The third kappa shape index (κ3) is 2.39. The number of aryl methyl sites for hydroxylation is 1. The molecule has 3 rings (SSSR count). The summed E-state index contributed by atoms with van der Waals surface area (Å²) < 4.78 is 4.73. The minimum absolute atomic E-state index is 0.273. The maximum absolute atomic E-state index is 11.6. The van der Waals surface area contributed by atoms with Crippen LogP contribution in [0.1, 0.15) is 15.9 Å². The molecule has 4 nitrogen and oxygen atoms in total. The lowest BCUT2D eigenvalue weighted by Gasteiger charge is -2.09. The van der Waals surface area contributed by atoms with Gasteiger partial charge in [-0.05, 0) is 53.9 Å². The largest absolute Gasteiger partial charge is 0.508 e. The van der Waals surface area contributed by atoms with Crippen LogP contribution in [-0.2, 0) is 4.74 Å². The van der Waals surface area contributed by atoms with Gasteiger partial charge >= 0.3 is 5.97 Å². The van der Waals surface area contributed by atoms with E-state index in [-0.39, 0.29) is 11.7 Å². The summed E-state index contributed by atoms with van der Waals surface area (Å²) in [7, 11) is 1.36. The van der Waals surface area contributed by atoms with Gasteiger partial charge in [0.1, 0.15) is 5.75 Å². The van der Waals surface area contributed by atoms with Gasteiger partial charge < -0.3 is 9.84 Å². The number of hydrogen-bond acceptors (Lipinski definition) is 4. The molecular formula is C18H15NO3. The molecule has 0 unspecified atom stereocenters. The SMILES string of the molecule is COC(=O)c1ccc2c(-c3ccc(O)c(C)c3)ccnc2c1. The average Bonchev–Trinajstić information content (AvgIpc) is 2.55. The summed E-state index contributed by atoms with van der Waals surface area (Å²) in [5.41, 5.74) is 4.01. The first kappa shape index (κ1) is 14.1. The molecular weight excluding hydrogens is 278 g/mol. The Morgan fingerprint density at radius 2 is 1.95 bits per heavy atom. The Kier molecular flexibility index (Phi) is 3.51. The highest BCUT2D eigenvalue weighted by Crippen LogP contribution is 2.30. The molecule has 2 aromatic carbocycles. The molecule has 1 aromatic heterocycles. The number of esters is 1. The number of hydrogen-bond donors (Lipinski definition) is 1. The number of carbonyl (C=O) groups excluding carboxylic acids is 1. The van der Waals surface area contributed by atoms with Gasteiger partial charge in [0.2, 0.25) is 0 Å². The van der Waals surface area contributed by atoms with Gasteiger partial charge in [-0.15, -0.1) is 0 Å². The minimum Gasteiger partial charge on any atom is -0.508 e. The van der Waals surface area contributed by atoms with Crippen LogP contribution in [0.2, 0.25) is 0 Å². The summed E-state index contributed by atoms with van der Waals surface area (Å²) in [5, 5.41) is 10.6. The second kappa shape index (κ2) is 5.48. The zero-order valence-electron chi connectivity index (χ0n) is 12.3. The fraction of sp³-hybridized carbons (Fsp3) is 0.111. The van der Waals surface area contributed by atoms with Crippen LogP contribution >= 0.6 is 0 Å². The molecule has 0 bridgehead atoms. The van der Waals surface area contributed by atoms with Crippen molar-refractivity contribution in [2.45, 2.75) is 6.92 Å². The van der Waals surface area contributed by atoms with E-state index < -0.39 is 0 Å². The van der Waals surface area contributed by atoms with E-state index in [0.29, 0.717) is 5.56 Å². The fourth-order valence-corrected chi connectivity index (χ4v) is 2.47. The monoisotopic (exact) mass is 293 g/mol. The van der Waals surface area contributed by atoms with Gasteiger partial charge in [0.05, 0.1) is 18.2 Å². The maximum Gasteiger partial charge on any atom is 0.337 e. The van der Waals surface area contributed by atoms with Crippen molar-refractivity contribution in [3.8, 4) is 16.9 Å². The molecule has 0 saturated heterocycles. The number of aromatic nitrogens is 1. The number of benzene rings is 2. The van der Waals surface area contributed by atoms with Gasteiger partial charge in [-0.3, -0.25) is 4.98 Å². The molecule has 0 atom stereocenters. The first-order valence-corrected chi connectivity index (χ1v) is 6.87. The van der Waals surface area contributed by atoms with Gasteiger partial charge in [0, 0.05) is 11.6 Å². The van der Waals surface area contributed by atoms with Crippen molar-refractivity contribution >= 4 is 16.9 Å². The smallest absolute Gasteiger partial charge is 0.337 e. The first-order chi connectivity index (χ1) is 10.6. The molecule has 0 aliphatic carbocycles. The molecule has 4 heteroatoms. The molecule has 0 fully saturated rings. The zero-order valence-corrected chi connectivity index (χ0v) is 12.3. The topological polar surface area (TPSA) is 59.4 Å². The molecule has 22 heavy (non-hydrogen) atoms. The average molecular weight is 293 g/mol. The predicted octanol–water partition coefficient (Wildman–Crippen LogP) is 3.70. The van der Waals surface area contributed by atoms with Crippen molar-refractivity contribution in [3.63, 3.8) is 0 Å². The van der Waals surface area contributed by atoms with Crippen LogP contribution < -0.4 is 0 Å². The van der Waals surface area contributed by atoms with Crippen molar-refractivity contribution in [1.29, 1.82) is 0 Å². The zero-order chi connectivity index (χ0) is 15.7. The van der Waals surface area contributed by atoms with E-state index in [1.807, 2.05) is 31.2 Å². The van der Waals surface area contributed by atoms with Gasteiger partial charge in [-0.25, -0.2) is 4.79 Å². The number of aromatic hydroxyl groups is 1. The standard InChI is InChI=1S/C18H15NO3/c1-11-9-12(4-6-17(11)20)14-7-8-19-16-10-13(18(21)22-2)3-5-15(14)16/h3-10,20H,1-2H3. The fourth-order valence-electron chi connectivity index (χ4n) is 2.47. The Morgan fingerprint density at radius 3 is 2.68 bits per heavy atom. The lowest BCUT2D eigenvalue weighted by molar-refractivity contribution is 0.0601. The number of phenols is 1. The number of nitrogens with zero attached hydrogens (tertiary/aromatic N) is 1. The summed E-state index contributed by atoms with van der Waals surface area (Å²) in [6, 6.07) is 12.7. The summed E-state index contributed by atoms with van der Waals surface area (Å²) >= 11 is 0. The van der Waals surface area contributed by atoms with Gasteiger partial charge in [0.25, 0.3) is 0 Å². The molecule has 110 valence electrons. The molecule has 0 radical (unpaired) electrons. The van der Waals surface area contributed by atoms with Crippen LogP contribution in [0.5, 0.6) is 5.75 Å². The number of rotatable bonds is 2. The van der Waals surface area contributed by atoms with Crippen LogP contribution in [0.25, 0.3) is 22.0 Å². The van der Waals surface area contributed by atoms with Crippen molar-refractivity contribution in [1.82, 2.24) is 4.98 Å². The molecule has 0 aliphatic heterocycles. The number of methoxy groups -OCH3 is 1. The molecule has 1 N–H and O–H groups in total. The minimum atomic E-state index is -0.380. The van der Waals surface area contributed by atoms with Gasteiger partial charge in [-0.1, -0.05) is 12.1 Å². The van der Waals surface area contributed by atoms with Crippen molar-refractivity contribution in [3.05, 3.63) is 59.8 Å². The Bertz CT molecular complexity index is 871. The van der Waals surface area contributed by atoms with Crippen molar-refractivity contribution < 1.29 is 14.6 Å². The van der Waals surface area contributed by atoms with E-state index in [1.54, 1.807) is 24.4 Å². The highest BCUT2D eigenvalue weighted by molar-refractivity contribution is 5.99. The van der Waals surface area contributed by atoms with Crippen LogP contribution in [-0.4, -0.2) is 23.2 Å². The van der Waals surface area contributed by atoms with Crippen LogP contribution in [0.4, 0.5) is 0 Å². The predicted molar refractivity (Wildman–Crippen MR) is 84.9 cm³/mol. The number of phenolic OH excluding ortho intramolecular Hbond substituents is 1. The summed E-state index contributed by atoms with van der Waals surface area (Å²) in [5.74, 6) is -0.107. The Labute approximate surface area is 128 Å². The number of pyridine rings is 1. The maximum atomic E-state index is 11.6. The van der Waals surface area contributed by atoms with Crippen LogP contribution in [0, 0.1) is 6.92 Å². The highest BCUT2D eigenvalue weighted by Gasteiger charge is 2.10. The van der Waals surface area contributed by atoms with E-state index in [9.17, 15) is 9.90 Å². The second-order valence-electron chi connectivity index (χ2n) is 5.08. The molecule has 0 amide bonds. The summed E-state index contributed by atoms with van der Waals surface area (Å²) in [6.07, 6.45) is 1.71. The van der Waals surface area contributed by atoms with E-state index in [4.69, 9.17) is 4.74 Å². The molecule has 0 saturated carbocycles. The molecule has 0 aliphatic rings. The van der Waals surface area contributed by atoms with Gasteiger partial charge in [-0.2, -0.15) is 0 Å². The Hall–Kier alpha value is -2.88. The summed E-state index contributed by atoms with van der Waals surface area (Å²) in [6.45, 7) is 1.86. The summed E-state index contributed by atoms with van der Waals surface area (Å²) in [4.78, 5) is 15.9. The van der Waals surface area contributed by atoms with E-state index in [2.05, 4.69) is 4.98 Å². The van der Waals surface area contributed by atoms with Crippen molar-refractivity contribution in [2.24, 2.45) is 0 Å². The van der Waals surface area contributed by atoms with E-state index in [1.165, 1.54) is 7.11 Å². The normalized spacial score (nSPS) is 10.6. The lowest BCUT2D eigenvalue weighted by Crippen LogP contribution is -2.01. The molecule has 3 aromatic rings.